The number of nitrogens with two attached hydrogens (primary N) is 1. The molecule has 0 saturated carbocycles. The highest BCUT2D eigenvalue weighted by Crippen LogP contribution is 2.31. The number of esters is 1. The Morgan fingerprint density at radius 3 is 2.44 bits per heavy atom. The molecule has 0 bridgehead atoms. The number of anilines is 1. The number of carbonyl (C=O) groups excluding carboxylic acids is 2. The first-order valence-corrected chi connectivity index (χ1v) is 12.9. The molecule has 0 radical (unpaired) electrons. The van der Waals surface area contributed by atoms with Crippen molar-refractivity contribution in [2.24, 2.45) is 5.73 Å². The second kappa shape index (κ2) is 11.5. The van der Waals surface area contributed by atoms with Gasteiger partial charge in [0.25, 0.3) is 5.91 Å². The number of benzene rings is 1. The summed E-state index contributed by atoms with van der Waals surface area (Å²) in [5.41, 5.74) is 7.17. The maximum atomic E-state index is 12.7. The molecule has 9 nitrogen and oxygen atoms in total. The van der Waals surface area contributed by atoms with Gasteiger partial charge in [0.05, 0.1) is 19.0 Å². The number of methoxy groups -OCH3 is 1. The Hall–Kier alpha value is -2.75. The Labute approximate surface area is 217 Å². The number of halogens is 1. The van der Waals surface area contributed by atoms with E-state index in [1.54, 1.807) is 0 Å². The zero-order chi connectivity index (χ0) is 25.8. The third-order valence-electron chi connectivity index (χ3n) is 7.42. The number of aromatic nitrogens is 2. The third kappa shape index (κ3) is 5.63. The first-order chi connectivity index (χ1) is 17.3. The fourth-order valence-electron chi connectivity index (χ4n) is 5.54. The van der Waals surface area contributed by atoms with E-state index >= 15 is 0 Å². The predicted octanol–water partition coefficient (Wildman–Crippen LogP) is 2.82. The third-order valence-corrected chi connectivity index (χ3v) is 7.67. The van der Waals surface area contributed by atoms with Gasteiger partial charge >= 0.3 is 5.97 Å². The zero-order valence-corrected chi connectivity index (χ0v) is 21.9. The van der Waals surface area contributed by atoms with E-state index in [-0.39, 0.29) is 11.7 Å². The first-order valence-electron chi connectivity index (χ1n) is 12.5. The lowest BCUT2D eigenvalue weighted by molar-refractivity contribution is -0.148. The largest absolute Gasteiger partial charge is 0.468 e. The standard InChI is InChI=1S/C26H35ClN6O3/c1-4-20-16-32(25-17(2)30-22(15-29-25)24(28)34)13-14-33(20)21-9-11-31(12-10-21)23(26(35)36-3)18-5-7-19(27)8-6-18/h5-8,15,20-21,23H,4,9-14,16H2,1-3H3,(H2,28,34)/t20-,23?/m0/s1. The number of aryl methyl sites for hydroxylation is 1. The van der Waals surface area contributed by atoms with Gasteiger partial charge in [-0.15, -0.1) is 0 Å². The molecule has 1 unspecified atom stereocenters. The van der Waals surface area contributed by atoms with Crippen molar-refractivity contribution in [3.05, 3.63) is 52.4 Å². The monoisotopic (exact) mass is 514 g/mol. The minimum Gasteiger partial charge on any atom is -0.468 e. The number of nitrogens with zero attached hydrogens (tertiary/aromatic N) is 5. The molecule has 4 rings (SSSR count). The van der Waals surface area contributed by atoms with Gasteiger partial charge < -0.3 is 15.4 Å². The van der Waals surface area contributed by atoms with Crippen LogP contribution in [0.15, 0.2) is 30.5 Å². The molecule has 2 aliphatic rings. The molecule has 36 heavy (non-hydrogen) atoms. The number of primary amides is 1. The van der Waals surface area contributed by atoms with Crippen molar-refractivity contribution in [3.63, 3.8) is 0 Å². The fraction of sp³-hybridized carbons (Fsp3) is 0.538. The molecule has 2 atom stereocenters. The summed E-state index contributed by atoms with van der Waals surface area (Å²) < 4.78 is 5.15. The van der Waals surface area contributed by atoms with Crippen LogP contribution in [0, 0.1) is 6.92 Å². The van der Waals surface area contributed by atoms with Gasteiger partial charge in [0.2, 0.25) is 0 Å². The predicted molar refractivity (Wildman–Crippen MR) is 139 cm³/mol. The average molecular weight is 515 g/mol. The quantitative estimate of drug-likeness (QED) is 0.562. The average Bonchev–Trinajstić information content (AvgIpc) is 2.89. The van der Waals surface area contributed by atoms with Crippen LogP contribution in [0.25, 0.3) is 0 Å². The lowest BCUT2D eigenvalue weighted by Crippen LogP contribution is -2.59. The summed E-state index contributed by atoms with van der Waals surface area (Å²) in [4.78, 5) is 40.1. The minimum atomic E-state index is -0.565. The molecule has 2 fully saturated rings. The highest BCUT2D eigenvalue weighted by molar-refractivity contribution is 6.30. The molecule has 2 N–H and O–H groups in total. The van der Waals surface area contributed by atoms with Crippen LogP contribution < -0.4 is 10.6 Å². The zero-order valence-electron chi connectivity index (χ0n) is 21.2. The number of piperazine rings is 1. The fourth-order valence-corrected chi connectivity index (χ4v) is 5.66. The van der Waals surface area contributed by atoms with E-state index in [1.807, 2.05) is 31.2 Å². The van der Waals surface area contributed by atoms with E-state index in [0.29, 0.717) is 17.1 Å². The molecule has 2 aromatic rings. The molecule has 10 heteroatoms. The van der Waals surface area contributed by atoms with Crippen LogP contribution >= 0.6 is 11.6 Å². The number of hydrogen-bond donors (Lipinski definition) is 1. The molecule has 0 aliphatic carbocycles. The molecule has 194 valence electrons. The molecular formula is C26H35ClN6O3. The smallest absolute Gasteiger partial charge is 0.327 e. The maximum absolute atomic E-state index is 12.7. The summed E-state index contributed by atoms with van der Waals surface area (Å²) in [7, 11) is 1.44. The molecule has 1 aromatic heterocycles. The van der Waals surface area contributed by atoms with Gasteiger partial charge in [0.1, 0.15) is 17.6 Å². The Morgan fingerprint density at radius 1 is 1.17 bits per heavy atom. The molecule has 2 aliphatic heterocycles. The molecule has 3 heterocycles. The molecule has 2 saturated heterocycles. The Morgan fingerprint density at radius 2 is 1.86 bits per heavy atom. The Bertz CT molecular complexity index is 1070. The van der Waals surface area contributed by atoms with Crippen LogP contribution in [-0.4, -0.2) is 83.6 Å². The Kier molecular flexibility index (Phi) is 8.43. The van der Waals surface area contributed by atoms with Crippen LogP contribution in [0.5, 0.6) is 0 Å². The normalized spacial score (nSPS) is 20.8. The van der Waals surface area contributed by atoms with Crippen molar-refractivity contribution in [1.82, 2.24) is 19.8 Å². The van der Waals surface area contributed by atoms with E-state index in [4.69, 9.17) is 22.1 Å². The van der Waals surface area contributed by atoms with Crippen molar-refractivity contribution in [2.75, 3.05) is 44.7 Å². The van der Waals surface area contributed by atoms with Gasteiger partial charge in [-0.1, -0.05) is 30.7 Å². The van der Waals surface area contributed by atoms with Crippen LogP contribution in [-0.2, 0) is 9.53 Å². The number of hydrogen-bond acceptors (Lipinski definition) is 8. The maximum Gasteiger partial charge on any atom is 0.327 e. The lowest BCUT2D eigenvalue weighted by Gasteiger charge is -2.48. The van der Waals surface area contributed by atoms with Gasteiger partial charge in [-0.3, -0.25) is 14.6 Å². The van der Waals surface area contributed by atoms with E-state index in [1.165, 1.54) is 13.3 Å². The number of amides is 1. The van der Waals surface area contributed by atoms with E-state index in [9.17, 15) is 9.59 Å². The van der Waals surface area contributed by atoms with Gasteiger partial charge in [-0.2, -0.15) is 0 Å². The van der Waals surface area contributed by atoms with Crippen molar-refractivity contribution < 1.29 is 14.3 Å². The topological polar surface area (TPSA) is 105 Å². The van der Waals surface area contributed by atoms with Gasteiger partial charge in [0, 0.05) is 49.8 Å². The van der Waals surface area contributed by atoms with E-state index in [0.717, 1.165) is 69.1 Å². The van der Waals surface area contributed by atoms with Gasteiger partial charge in [0.15, 0.2) is 0 Å². The number of rotatable bonds is 7. The molecule has 1 aromatic carbocycles. The highest BCUT2D eigenvalue weighted by atomic mass is 35.5. The minimum absolute atomic E-state index is 0.192. The van der Waals surface area contributed by atoms with Crippen molar-refractivity contribution in [2.45, 2.75) is 51.2 Å². The molecular weight excluding hydrogens is 480 g/mol. The number of ether oxygens (including phenoxy) is 1. The van der Waals surface area contributed by atoms with E-state index in [2.05, 4.69) is 31.6 Å². The second-order valence-electron chi connectivity index (χ2n) is 9.52. The van der Waals surface area contributed by atoms with E-state index < -0.39 is 11.9 Å². The first kappa shape index (κ1) is 26.3. The van der Waals surface area contributed by atoms with Gasteiger partial charge in [-0.25, -0.2) is 14.8 Å². The highest BCUT2D eigenvalue weighted by Gasteiger charge is 2.37. The summed E-state index contributed by atoms with van der Waals surface area (Å²) in [5.74, 6) is 0.0108. The number of piperidine rings is 1. The van der Waals surface area contributed by atoms with Crippen molar-refractivity contribution >= 4 is 29.3 Å². The summed E-state index contributed by atoms with van der Waals surface area (Å²) >= 11 is 6.06. The van der Waals surface area contributed by atoms with Crippen molar-refractivity contribution in [1.29, 1.82) is 0 Å². The second-order valence-corrected chi connectivity index (χ2v) is 9.96. The van der Waals surface area contributed by atoms with Crippen LogP contribution in [0.3, 0.4) is 0 Å². The van der Waals surface area contributed by atoms with Crippen LogP contribution in [0.1, 0.15) is 54.0 Å². The van der Waals surface area contributed by atoms with Crippen molar-refractivity contribution in [3.8, 4) is 0 Å². The van der Waals surface area contributed by atoms with Gasteiger partial charge in [-0.05, 0) is 43.9 Å². The summed E-state index contributed by atoms with van der Waals surface area (Å²) in [6.07, 6.45) is 4.47. The number of carbonyl (C=O) groups is 2. The molecule has 0 spiro atoms. The summed E-state index contributed by atoms with van der Waals surface area (Å²) in [6.45, 7) is 8.37. The summed E-state index contributed by atoms with van der Waals surface area (Å²) in [6, 6.07) is 7.88. The van der Waals surface area contributed by atoms with Crippen LogP contribution in [0.4, 0.5) is 5.82 Å². The Balaban J connectivity index is 1.41. The lowest BCUT2D eigenvalue weighted by atomic mass is 9.95. The summed E-state index contributed by atoms with van der Waals surface area (Å²) in [5, 5.41) is 0.649. The van der Waals surface area contributed by atoms with Crippen LogP contribution in [0.2, 0.25) is 5.02 Å². The SMILES string of the molecule is CC[C@H]1CN(c2ncc(C(N)=O)nc2C)CCN1C1CCN(C(C(=O)OC)c2ccc(Cl)cc2)CC1. The molecule has 1 amide bonds. The number of likely N-dealkylation sites (tertiary alicyclic amines) is 1.